The Bertz CT molecular complexity index is 1030. The van der Waals surface area contributed by atoms with E-state index in [1.54, 1.807) is 11.0 Å². The van der Waals surface area contributed by atoms with E-state index in [1.807, 2.05) is 41.3 Å². The lowest BCUT2D eigenvalue weighted by molar-refractivity contribution is -0.114. The molecule has 3 heterocycles. The van der Waals surface area contributed by atoms with Crippen LogP contribution < -0.4 is 0 Å². The summed E-state index contributed by atoms with van der Waals surface area (Å²) in [6, 6.07) is 12.0. The smallest absolute Gasteiger partial charge is 0.283 e. The molecule has 0 fully saturated rings. The van der Waals surface area contributed by atoms with Crippen molar-refractivity contribution in [3.63, 3.8) is 0 Å². The van der Waals surface area contributed by atoms with E-state index < -0.39 is 5.91 Å². The monoisotopic (exact) mass is 395 g/mol. The van der Waals surface area contributed by atoms with Crippen LogP contribution in [0.3, 0.4) is 0 Å². The molecule has 136 valence electrons. The van der Waals surface area contributed by atoms with Crippen molar-refractivity contribution in [2.75, 3.05) is 6.26 Å². The molecule has 0 radical (unpaired) electrons. The highest BCUT2D eigenvalue weighted by Gasteiger charge is 2.37. The van der Waals surface area contributed by atoms with Gasteiger partial charge in [-0.05, 0) is 42.5 Å². The summed E-state index contributed by atoms with van der Waals surface area (Å²) in [6.07, 6.45) is 6.50. The fourth-order valence-electron chi connectivity index (χ4n) is 3.06. The van der Waals surface area contributed by atoms with Gasteiger partial charge in [-0.15, -0.1) is 0 Å². The molecule has 27 heavy (non-hydrogen) atoms. The lowest BCUT2D eigenvalue weighted by Crippen LogP contribution is -2.41. The summed E-state index contributed by atoms with van der Waals surface area (Å²) in [5.74, 6) is -0.299. The number of rotatable bonds is 3. The van der Waals surface area contributed by atoms with Crippen LogP contribution >= 0.6 is 23.7 Å². The largest absolute Gasteiger partial charge is 0.317 e. The number of nitrogens with one attached hydrogen (secondary N) is 1. The average Bonchev–Trinajstić information content (AvgIpc) is 3.31. The number of nitrogens with zero attached hydrogens (tertiary/aromatic N) is 4. The number of thioether (sulfide) groups is 1. The Hall–Kier alpha value is -2.58. The van der Waals surface area contributed by atoms with Crippen LogP contribution in [0.5, 0.6) is 0 Å². The molecule has 0 aliphatic carbocycles. The number of fused-ring (bicyclic) bond motifs is 1. The van der Waals surface area contributed by atoms with E-state index in [4.69, 9.17) is 5.41 Å². The van der Waals surface area contributed by atoms with Gasteiger partial charge in [-0.2, -0.15) is 9.39 Å². The van der Waals surface area contributed by atoms with Gasteiger partial charge in [0.25, 0.3) is 5.91 Å². The van der Waals surface area contributed by atoms with Gasteiger partial charge in [0.05, 0.1) is 17.5 Å². The summed E-state index contributed by atoms with van der Waals surface area (Å²) in [5.41, 5.74) is 3.37. The first-order chi connectivity index (χ1) is 13.1. The zero-order chi connectivity index (χ0) is 19.0. The zero-order valence-corrected chi connectivity index (χ0v) is 16.5. The molecule has 2 aliphatic heterocycles. The first-order valence-corrected chi connectivity index (χ1v) is 10.4. The third kappa shape index (κ3) is 3.04. The predicted molar refractivity (Wildman–Crippen MR) is 114 cm³/mol. The minimum absolute atomic E-state index is 0.111. The fraction of sp³-hybridized carbons (Fsp3) is 0.158. The molecule has 4 rings (SSSR count). The first kappa shape index (κ1) is 17.8. The topological polar surface area (TPSA) is 73.8 Å². The highest BCUT2D eigenvalue weighted by molar-refractivity contribution is 8.18. The van der Waals surface area contributed by atoms with Crippen molar-refractivity contribution in [2.45, 2.75) is 13.3 Å². The number of para-hydroxylation sites is 1. The number of hydrogen-bond donors (Lipinski definition) is 1. The van der Waals surface area contributed by atoms with Gasteiger partial charge in [0.2, 0.25) is 5.17 Å². The van der Waals surface area contributed by atoms with E-state index in [0.29, 0.717) is 10.3 Å². The molecular weight excluding hydrogens is 378 g/mol. The fourth-order valence-corrected chi connectivity index (χ4v) is 4.51. The zero-order valence-electron chi connectivity index (χ0n) is 14.8. The Balaban J connectivity index is 1.78. The molecule has 0 atom stereocenters. The van der Waals surface area contributed by atoms with Gasteiger partial charge < -0.3 is 4.57 Å². The van der Waals surface area contributed by atoms with E-state index in [0.717, 1.165) is 29.8 Å². The highest BCUT2D eigenvalue weighted by atomic mass is 32.2. The van der Waals surface area contributed by atoms with Crippen molar-refractivity contribution in [3.05, 3.63) is 59.4 Å². The van der Waals surface area contributed by atoms with E-state index in [1.165, 1.54) is 17.3 Å². The SMILES string of the molecule is CCc1ccccc1-n1cccc1/C=C1/C(=N)N2C(SC)=NSC2=NC1=O. The van der Waals surface area contributed by atoms with Crippen LogP contribution in [0.1, 0.15) is 18.2 Å². The van der Waals surface area contributed by atoms with E-state index in [9.17, 15) is 4.79 Å². The van der Waals surface area contributed by atoms with Gasteiger partial charge in [-0.25, -0.2) is 4.90 Å². The third-order valence-corrected chi connectivity index (χ3v) is 5.84. The molecule has 0 saturated heterocycles. The van der Waals surface area contributed by atoms with Crippen LogP contribution in [0, 0.1) is 5.41 Å². The number of aliphatic imine (C=N–C) groups is 1. The molecule has 0 spiro atoms. The van der Waals surface area contributed by atoms with Crippen LogP contribution in [-0.2, 0) is 11.2 Å². The molecule has 0 bridgehead atoms. The Morgan fingerprint density at radius 2 is 2.07 bits per heavy atom. The lowest BCUT2D eigenvalue weighted by Gasteiger charge is -2.24. The number of aryl methyl sites for hydroxylation is 1. The predicted octanol–water partition coefficient (Wildman–Crippen LogP) is 3.98. The first-order valence-electron chi connectivity index (χ1n) is 8.42. The molecule has 0 saturated carbocycles. The van der Waals surface area contributed by atoms with Crippen LogP contribution in [0.15, 0.2) is 57.6 Å². The Morgan fingerprint density at radius 3 is 2.85 bits per heavy atom. The van der Waals surface area contributed by atoms with Crippen molar-refractivity contribution in [3.8, 4) is 5.69 Å². The van der Waals surface area contributed by atoms with E-state index in [2.05, 4.69) is 28.4 Å². The van der Waals surface area contributed by atoms with Crippen molar-refractivity contribution in [2.24, 2.45) is 9.39 Å². The van der Waals surface area contributed by atoms with Crippen molar-refractivity contribution >= 4 is 51.9 Å². The van der Waals surface area contributed by atoms with E-state index in [-0.39, 0.29) is 11.4 Å². The molecular formula is C19H17N5OS2. The van der Waals surface area contributed by atoms with E-state index >= 15 is 0 Å². The summed E-state index contributed by atoms with van der Waals surface area (Å²) in [7, 11) is 0. The van der Waals surface area contributed by atoms with Gasteiger partial charge in [0, 0.05) is 17.6 Å². The van der Waals surface area contributed by atoms with Gasteiger partial charge in [0.15, 0.2) is 5.17 Å². The molecule has 2 aromatic rings. The van der Waals surface area contributed by atoms with Gasteiger partial charge in [0.1, 0.15) is 5.84 Å². The van der Waals surface area contributed by atoms with Crippen molar-refractivity contribution in [1.82, 2.24) is 9.47 Å². The Morgan fingerprint density at radius 1 is 1.26 bits per heavy atom. The number of hydrogen-bond acceptors (Lipinski definition) is 5. The number of amides is 1. The maximum Gasteiger partial charge on any atom is 0.283 e. The highest BCUT2D eigenvalue weighted by Crippen LogP contribution is 2.31. The second-order valence-corrected chi connectivity index (χ2v) is 7.40. The van der Waals surface area contributed by atoms with Crippen molar-refractivity contribution in [1.29, 1.82) is 5.41 Å². The molecule has 8 heteroatoms. The molecule has 1 aromatic heterocycles. The molecule has 1 amide bonds. The summed E-state index contributed by atoms with van der Waals surface area (Å²) >= 11 is 2.56. The summed E-state index contributed by atoms with van der Waals surface area (Å²) < 4.78 is 6.30. The molecule has 2 aliphatic rings. The molecule has 0 unspecified atom stereocenters. The number of carbonyl (C=O) groups excluding carboxylic acids is 1. The quantitative estimate of drug-likeness (QED) is 0.630. The van der Waals surface area contributed by atoms with Crippen LogP contribution in [0.25, 0.3) is 11.8 Å². The van der Waals surface area contributed by atoms with Crippen molar-refractivity contribution < 1.29 is 4.79 Å². The van der Waals surface area contributed by atoms with Gasteiger partial charge in [-0.3, -0.25) is 10.2 Å². The van der Waals surface area contributed by atoms with Gasteiger partial charge >= 0.3 is 0 Å². The Kier molecular flexibility index (Phi) is 4.75. The van der Waals surface area contributed by atoms with Crippen LogP contribution in [0.2, 0.25) is 0 Å². The Labute approximate surface area is 165 Å². The second kappa shape index (κ2) is 7.21. The molecule has 1 aromatic carbocycles. The third-order valence-electron chi connectivity index (χ3n) is 4.38. The van der Waals surface area contributed by atoms with Crippen LogP contribution in [-0.4, -0.2) is 37.8 Å². The maximum atomic E-state index is 12.5. The lowest BCUT2D eigenvalue weighted by atomic mass is 10.1. The summed E-state index contributed by atoms with van der Waals surface area (Å²) in [4.78, 5) is 18.3. The van der Waals surface area contributed by atoms with Crippen LogP contribution in [0.4, 0.5) is 0 Å². The normalized spacial score (nSPS) is 18.0. The number of benzene rings is 1. The maximum absolute atomic E-state index is 12.5. The summed E-state index contributed by atoms with van der Waals surface area (Å²) in [5, 5.41) is 9.64. The number of carbonyl (C=O) groups is 1. The molecule has 1 N–H and O–H groups in total. The summed E-state index contributed by atoms with van der Waals surface area (Å²) in [6.45, 7) is 2.12. The minimum atomic E-state index is -0.409. The second-order valence-electron chi connectivity index (χ2n) is 5.90. The standard InChI is InChI=1S/C19H17N5OS2/c1-3-12-7-4-5-9-15(12)23-10-6-8-13(23)11-14-16(20)24-18(21-17(14)25)27-22-19(24)26-2/h4-11,20H,3H2,1-2H3/b14-11-,20-16?. The average molecular weight is 396 g/mol. The molecule has 6 nitrogen and oxygen atoms in total. The number of aromatic nitrogens is 1. The van der Waals surface area contributed by atoms with Gasteiger partial charge in [-0.1, -0.05) is 36.9 Å². The minimum Gasteiger partial charge on any atom is -0.317 e. The number of amidine groups is 3.